The Morgan fingerprint density at radius 1 is 0.446 bits per heavy atom. The molecule has 4 aromatic carbocycles. The van der Waals surface area contributed by atoms with Gasteiger partial charge in [0.25, 0.3) is 0 Å². The molecular weight excluding hydrogens is 697 g/mol. The summed E-state index contributed by atoms with van der Waals surface area (Å²) < 4.78 is 6.88. The van der Waals surface area contributed by atoms with Gasteiger partial charge in [0.05, 0.1) is 0 Å². The number of ether oxygens (including phenoxy) is 1. The smallest absolute Gasteiger partial charge is 0.153 e. The zero-order valence-electron chi connectivity index (χ0n) is 32.8. The lowest BCUT2D eigenvalue weighted by Crippen LogP contribution is -2.34. The molecule has 294 valence electrons. The third-order valence-electron chi connectivity index (χ3n) is 12.0. The molecule has 4 heterocycles. The summed E-state index contributed by atoms with van der Waals surface area (Å²) in [5.74, 6) is 1.96. The van der Waals surface area contributed by atoms with Crippen LogP contribution in [0.1, 0.15) is 95.9 Å². The molecule has 3 N–H and O–H groups in total. The lowest BCUT2D eigenvalue weighted by molar-refractivity contribution is 0.0531. The van der Waals surface area contributed by atoms with Gasteiger partial charge in [0.15, 0.2) is 6.23 Å². The van der Waals surface area contributed by atoms with Gasteiger partial charge >= 0.3 is 0 Å². The topological polar surface area (TPSA) is 82.9 Å². The Bertz CT molecular complexity index is 2010. The fraction of sp³-hybridized carbons (Fsp3) is 0.417. The van der Waals surface area contributed by atoms with Crippen molar-refractivity contribution in [3.63, 3.8) is 0 Å². The summed E-state index contributed by atoms with van der Waals surface area (Å²) in [6.45, 7) is 10.5. The average molecular weight is 755 g/mol. The van der Waals surface area contributed by atoms with Crippen molar-refractivity contribution in [3.05, 3.63) is 117 Å². The van der Waals surface area contributed by atoms with Gasteiger partial charge in [0.2, 0.25) is 0 Å². The molecule has 0 aromatic heterocycles. The van der Waals surface area contributed by atoms with Gasteiger partial charge < -0.3 is 20.1 Å². The zero-order valence-corrected chi connectivity index (χ0v) is 32.8. The van der Waals surface area contributed by atoms with Gasteiger partial charge in [-0.05, 0) is 161 Å². The van der Waals surface area contributed by atoms with Gasteiger partial charge in [0.1, 0.15) is 23.0 Å². The van der Waals surface area contributed by atoms with Crippen molar-refractivity contribution >= 4 is 24.3 Å². The van der Waals surface area contributed by atoms with E-state index >= 15 is 0 Å². The Labute approximate surface area is 332 Å². The van der Waals surface area contributed by atoms with E-state index in [1.165, 1.54) is 44.1 Å². The predicted molar refractivity (Wildman–Crippen MR) is 226 cm³/mol. The number of hydrogen-bond acceptors (Lipinski definition) is 8. The first kappa shape index (κ1) is 38.3. The first-order valence-electron chi connectivity index (χ1n) is 20.9. The highest BCUT2D eigenvalue weighted by Gasteiger charge is 2.28. The monoisotopic (exact) mass is 754 g/mol. The molecule has 0 saturated carbocycles. The van der Waals surface area contributed by atoms with E-state index in [1.54, 1.807) is 12.1 Å². The van der Waals surface area contributed by atoms with E-state index in [4.69, 9.17) is 4.74 Å². The molecule has 8 heteroatoms. The number of nitrogens with zero attached hydrogens (tertiary/aromatic N) is 4. The highest BCUT2D eigenvalue weighted by atomic mass is 16.5. The van der Waals surface area contributed by atoms with Gasteiger partial charge in [-0.15, -0.1) is 0 Å². The zero-order chi connectivity index (χ0) is 38.3. The molecule has 4 aliphatic heterocycles. The van der Waals surface area contributed by atoms with Crippen molar-refractivity contribution in [1.29, 1.82) is 0 Å². The van der Waals surface area contributed by atoms with Crippen LogP contribution in [0.15, 0.2) is 72.8 Å². The number of phenolic OH excluding ortho intramolecular Hbond substituents is 3. The average Bonchev–Trinajstić information content (AvgIpc) is 4.06. The summed E-state index contributed by atoms with van der Waals surface area (Å²) in [5.41, 5.74) is 8.34. The fourth-order valence-corrected chi connectivity index (χ4v) is 8.85. The van der Waals surface area contributed by atoms with Crippen molar-refractivity contribution in [2.24, 2.45) is 0 Å². The van der Waals surface area contributed by atoms with Crippen LogP contribution in [0.5, 0.6) is 23.0 Å². The lowest BCUT2D eigenvalue weighted by Gasteiger charge is -2.27. The lowest BCUT2D eigenvalue weighted by atomic mass is 10.1. The standard InChI is InChI=1S/C48H58N4O4/c53-44-17-13-36(28-40(44)32-49-21-1-2-22-49)9-10-38-15-19-46(55)42(30-38)35-52-27-7-8-48(52)56-47-20-16-39(31-43(47)34-51-25-5-6-26-51)12-11-37-14-18-45(54)41(29-37)33-50-23-3-4-24-50/h9-20,28-31,48,53-55H,1-8,21-27,32-35H2. The Morgan fingerprint density at radius 3 is 1.27 bits per heavy atom. The van der Waals surface area contributed by atoms with E-state index in [1.807, 2.05) is 24.3 Å². The number of benzene rings is 4. The highest BCUT2D eigenvalue weighted by molar-refractivity contribution is 5.72. The third-order valence-corrected chi connectivity index (χ3v) is 12.0. The molecule has 0 aliphatic carbocycles. The largest absolute Gasteiger partial charge is 0.508 e. The second-order valence-corrected chi connectivity index (χ2v) is 16.3. The number of aromatic hydroxyl groups is 3. The first-order valence-corrected chi connectivity index (χ1v) is 20.9. The Kier molecular flexibility index (Phi) is 12.4. The van der Waals surface area contributed by atoms with Crippen LogP contribution in [0.3, 0.4) is 0 Å². The van der Waals surface area contributed by atoms with Crippen LogP contribution < -0.4 is 4.74 Å². The van der Waals surface area contributed by atoms with Crippen LogP contribution in [0.2, 0.25) is 0 Å². The van der Waals surface area contributed by atoms with Gasteiger partial charge in [-0.2, -0.15) is 0 Å². The minimum Gasteiger partial charge on any atom is -0.508 e. The second-order valence-electron chi connectivity index (χ2n) is 16.3. The number of likely N-dealkylation sites (tertiary alicyclic amines) is 4. The summed E-state index contributed by atoms with van der Waals surface area (Å²) in [7, 11) is 0. The molecule has 0 bridgehead atoms. The third kappa shape index (κ3) is 9.85. The van der Waals surface area contributed by atoms with Crippen molar-refractivity contribution in [2.75, 3.05) is 45.8 Å². The summed E-state index contributed by atoms with van der Waals surface area (Å²) in [6.07, 6.45) is 17.8. The van der Waals surface area contributed by atoms with Gasteiger partial charge in [0, 0.05) is 55.0 Å². The van der Waals surface area contributed by atoms with E-state index in [2.05, 4.69) is 80.3 Å². The van der Waals surface area contributed by atoms with E-state index in [9.17, 15) is 15.3 Å². The predicted octanol–water partition coefficient (Wildman–Crippen LogP) is 8.93. The fourth-order valence-electron chi connectivity index (χ4n) is 8.85. The molecule has 4 aliphatic rings. The maximum atomic E-state index is 11.0. The van der Waals surface area contributed by atoms with Gasteiger partial charge in [-0.3, -0.25) is 19.6 Å². The molecule has 4 aromatic rings. The Hall–Kier alpha value is -4.60. The van der Waals surface area contributed by atoms with Crippen LogP contribution >= 0.6 is 0 Å². The molecule has 1 unspecified atom stereocenters. The summed E-state index contributed by atoms with van der Waals surface area (Å²) in [4.78, 5) is 9.69. The van der Waals surface area contributed by atoms with E-state index in [0.717, 1.165) is 123 Å². The van der Waals surface area contributed by atoms with Crippen molar-refractivity contribution in [1.82, 2.24) is 19.6 Å². The van der Waals surface area contributed by atoms with Crippen LogP contribution in [-0.2, 0) is 26.2 Å². The van der Waals surface area contributed by atoms with E-state index in [-0.39, 0.29) is 6.23 Å². The first-order chi connectivity index (χ1) is 27.4. The van der Waals surface area contributed by atoms with Crippen molar-refractivity contribution in [2.45, 2.75) is 83.8 Å². The van der Waals surface area contributed by atoms with Crippen LogP contribution in [0.25, 0.3) is 24.3 Å². The highest BCUT2D eigenvalue weighted by Crippen LogP contribution is 2.32. The molecule has 56 heavy (non-hydrogen) atoms. The van der Waals surface area contributed by atoms with Gasteiger partial charge in [-0.1, -0.05) is 48.6 Å². The normalized spacial score (nSPS) is 20.0. The number of phenols is 3. The van der Waals surface area contributed by atoms with E-state index in [0.29, 0.717) is 23.8 Å². The van der Waals surface area contributed by atoms with Crippen LogP contribution in [-0.4, -0.2) is 87.0 Å². The molecule has 8 nitrogen and oxygen atoms in total. The second kappa shape index (κ2) is 18.1. The van der Waals surface area contributed by atoms with Crippen LogP contribution in [0.4, 0.5) is 0 Å². The minimum atomic E-state index is -0.0793. The number of rotatable bonds is 14. The number of hydrogen-bond donors (Lipinski definition) is 3. The molecule has 4 saturated heterocycles. The van der Waals surface area contributed by atoms with Crippen LogP contribution in [0, 0.1) is 0 Å². The summed E-state index contributed by atoms with van der Waals surface area (Å²) in [6, 6.07) is 24.2. The quantitative estimate of drug-likeness (QED) is 0.110. The molecule has 0 amide bonds. The van der Waals surface area contributed by atoms with Gasteiger partial charge in [-0.25, -0.2) is 0 Å². The Morgan fingerprint density at radius 2 is 0.821 bits per heavy atom. The molecule has 1 atom stereocenters. The maximum absolute atomic E-state index is 11.0. The molecule has 0 spiro atoms. The molecule has 0 radical (unpaired) electrons. The Balaban J connectivity index is 0.950. The summed E-state index contributed by atoms with van der Waals surface area (Å²) >= 11 is 0. The van der Waals surface area contributed by atoms with Crippen molar-refractivity contribution < 1.29 is 20.1 Å². The molecular formula is C48H58N4O4. The maximum Gasteiger partial charge on any atom is 0.153 e. The summed E-state index contributed by atoms with van der Waals surface area (Å²) in [5, 5.41) is 32.0. The minimum absolute atomic E-state index is 0.0793. The van der Waals surface area contributed by atoms with Crippen molar-refractivity contribution in [3.8, 4) is 23.0 Å². The molecule has 4 fully saturated rings. The SMILES string of the molecule is Oc1ccc(C=Cc2ccc(O)c(CN3CCCC3Oc3ccc(C=Cc4ccc(O)c(CN5CCCC5)c4)cc3CN3CCCC3)c2)cc1CN1CCCC1. The molecule has 8 rings (SSSR count). The van der Waals surface area contributed by atoms with E-state index < -0.39 is 0 Å².